The van der Waals surface area contributed by atoms with Crippen LogP contribution in [-0.2, 0) is 0 Å². The second-order valence-electron chi connectivity index (χ2n) is 6.15. The van der Waals surface area contributed by atoms with E-state index in [1.54, 1.807) is 0 Å². The van der Waals surface area contributed by atoms with E-state index in [0.717, 1.165) is 29.5 Å². The highest BCUT2D eigenvalue weighted by Gasteiger charge is 2.28. The highest BCUT2D eigenvalue weighted by molar-refractivity contribution is 9.10. The lowest BCUT2D eigenvalue weighted by Gasteiger charge is -2.41. The number of rotatable bonds is 2. The monoisotopic (exact) mass is 350 g/mol. The van der Waals surface area contributed by atoms with E-state index in [2.05, 4.69) is 20.8 Å². The van der Waals surface area contributed by atoms with Gasteiger partial charge in [-0.25, -0.2) is 0 Å². The largest absolute Gasteiger partial charge is 0.337 e. The van der Waals surface area contributed by atoms with Gasteiger partial charge in [-0.05, 0) is 57.0 Å². The van der Waals surface area contributed by atoms with Crippen LogP contribution in [0.5, 0.6) is 0 Å². The van der Waals surface area contributed by atoms with Crippen LogP contribution >= 0.6 is 15.9 Å². The molecule has 1 amide bonds. The topological polar surface area (TPSA) is 23.6 Å². The van der Waals surface area contributed by atoms with E-state index in [9.17, 15) is 4.79 Å². The summed E-state index contributed by atoms with van der Waals surface area (Å²) in [6.45, 7) is 4.22. The van der Waals surface area contributed by atoms with Gasteiger partial charge in [0, 0.05) is 29.2 Å². The second kappa shape index (κ2) is 6.93. The fourth-order valence-corrected chi connectivity index (χ4v) is 3.92. The summed E-state index contributed by atoms with van der Waals surface area (Å²) < 4.78 is 0.970. The van der Waals surface area contributed by atoms with Crippen molar-refractivity contribution in [2.75, 3.05) is 26.2 Å². The number of hydrogen-bond donors (Lipinski definition) is 0. The zero-order valence-electron chi connectivity index (χ0n) is 12.4. The maximum atomic E-state index is 12.7. The van der Waals surface area contributed by atoms with Crippen LogP contribution < -0.4 is 0 Å². The van der Waals surface area contributed by atoms with Crippen LogP contribution in [0.25, 0.3) is 0 Å². The third-order valence-electron chi connectivity index (χ3n) is 4.66. The molecule has 1 atom stereocenters. The minimum atomic E-state index is 0.179. The smallest absolute Gasteiger partial charge is 0.253 e. The summed E-state index contributed by atoms with van der Waals surface area (Å²) in [5.41, 5.74) is 0.795. The predicted molar refractivity (Wildman–Crippen MR) is 88.5 cm³/mol. The maximum absolute atomic E-state index is 12.7. The standard InChI is InChI=1S/C17H23BrN2O/c18-15-7-4-6-14(12-15)17(21)20-11-5-8-16(13-20)19-9-2-1-3-10-19/h4,6-7,12,16H,1-3,5,8-11,13H2. The summed E-state index contributed by atoms with van der Waals surface area (Å²) in [4.78, 5) is 17.3. The molecule has 2 heterocycles. The minimum absolute atomic E-state index is 0.179. The maximum Gasteiger partial charge on any atom is 0.253 e. The molecule has 0 saturated carbocycles. The number of carbonyl (C=O) groups is 1. The number of nitrogens with zero attached hydrogens (tertiary/aromatic N) is 2. The zero-order chi connectivity index (χ0) is 14.7. The molecule has 0 N–H and O–H groups in total. The normalized spacial score (nSPS) is 24.0. The van der Waals surface area contributed by atoms with Crippen LogP contribution in [0.15, 0.2) is 28.7 Å². The van der Waals surface area contributed by atoms with Crippen molar-refractivity contribution in [3.8, 4) is 0 Å². The van der Waals surface area contributed by atoms with Crippen LogP contribution in [0, 0.1) is 0 Å². The van der Waals surface area contributed by atoms with Crippen molar-refractivity contribution >= 4 is 21.8 Å². The number of likely N-dealkylation sites (tertiary alicyclic amines) is 2. The Morgan fingerprint density at radius 2 is 1.90 bits per heavy atom. The third-order valence-corrected chi connectivity index (χ3v) is 5.16. The van der Waals surface area contributed by atoms with Gasteiger partial charge in [-0.15, -0.1) is 0 Å². The molecule has 2 fully saturated rings. The van der Waals surface area contributed by atoms with Crippen molar-refractivity contribution in [3.05, 3.63) is 34.3 Å². The molecule has 0 radical (unpaired) electrons. The average Bonchev–Trinajstić information content (AvgIpc) is 2.55. The van der Waals surface area contributed by atoms with Gasteiger partial charge >= 0.3 is 0 Å². The van der Waals surface area contributed by atoms with E-state index in [1.165, 1.54) is 38.8 Å². The molecule has 0 bridgehead atoms. The summed E-state index contributed by atoms with van der Waals surface area (Å²) in [5, 5.41) is 0. The van der Waals surface area contributed by atoms with Crippen molar-refractivity contribution in [2.24, 2.45) is 0 Å². The summed E-state index contributed by atoms with van der Waals surface area (Å²) in [6.07, 6.45) is 6.36. The Morgan fingerprint density at radius 3 is 2.67 bits per heavy atom. The highest BCUT2D eigenvalue weighted by atomic mass is 79.9. The molecule has 0 aliphatic carbocycles. The number of benzene rings is 1. The van der Waals surface area contributed by atoms with Gasteiger partial charge < -0.3 is 4.90 Å². The number of halogens is 1. The summed E-state index contributed by atoms with van der Waals surface area (Å²) in [5.74, 6) is 0.179. The molecule has 2 saturated heterocycles. The SMILES string of the molecule is O=C(c1cccc(Br)c1)N1CCCC(N2CCCCC2)C1. The van der Waals surface area contributed by atoms with Gasteiger partial charge in [0.05, 0.1) is 0 Å². The van der Waals surface area contributed by atoms with Crippen molar-refractivity contribution in [2.45, 2.75) is 38.1 Å². The fourth-order valence-electron chi connectivity index (χ4n) is 3.52. The number of carbonyl (C=O) groups excluding carboxylic acids is 1. The Balaban J connectivity index is 1.66. The second-order valence-corrected chi connectivity index (χ2v) is 7.07. The Labute approximate surface area is 135 Å². The summed E-state index contributed by atoms with van der Waals surface area (Å²) >= 11 is 3.45. The molecule has 2 aliphatic rings. The quantitative estimate of drug-likeness (QED) is 0.814. The Hall–Kier alpha value is -0.870. The van der Waals surface area contributed by atoms with Crippen LogP contribution in [-0.4, -0.2) is 47.9 Å². The van der Waals surface area contributed by atoms with Gasteiger partial charge in [0.2, 0.25) is 0 Å². The van der Waals surface area contributed by atoms with E-state index in [4.69, 9.17) is 0 Å². The lowest BCUT2D eigenvalue weighted by molar-refractivity contribution is 0.0537. The molecule has 2 aliphatic heterocycles. The number of hydrogen-bond acceptors (Lipinski definition) is 2. The molecule has 1 aromatic rings. The number of amides is 1. The Kier molecular flexibility index (Phi) is 4.96. The fraction of sp³-hybridized carbons (Fsp3) is 0.588. The van der Waals surface area contributed by atoms with Crippen LogP contribution in [0.2, 0.25) is 0 Å². The molecule has 3 rings (SSSR count). The summed E-state index contributed by atoms with van der Waals surface area (Å²) in [7, 11) is 0. The average molecular weight is 351 g/mol. The first-order chi connectivity index (χ1) is 10.2. The first-order valence-corrected chi connectivity index (χ1v) is 8.82. The number of piperidine rings is 2. The van der Waals surface area contributed by atoms with Gasteiger partial charge in [0.1, 0.15) is 0 Å². The van der Waals surface area contributed by atoms with Gasteiger partial charge in [0.25, 0.3) is 5.91 Å². The lowest BCUT2D eigenvalue weighted by atomic mass is 10.00. The van der Waals surface area contributed by atoms with E-state index >= 15 is 0 Å². The lowest BCUT2D eigenvalue weighted by Crippen LogP contribution is -2.51. The molecular weight excluding hydrogens is 328 g/mol. The van der Waals surface area contributed by atoms with E-state index in [1.807, 2.05) is 29.2 Å². The van der Waals surface area contributed by atoms with Crippen molar-refractivity contribution < 1.29 is 4.79 Å². The van der Waals surface area contributed by atoms with Crippen molar-refractivity contribution in [1.29, 1.82) is 0 Å². The first-order valence-electron chi connectivity index (χ1n) is 8.03. The minimum Gasteiger partial charge on any atom is -0.337 e. The first kappa shape index (κ1) is 15.0. The van der Waals surface area contributed by atoms with Gasteiger partial charge in [-0.1, -0.05) is 28.4 Å². The Morgan fingerprint density at radius 1 is 1.10 bits per heavy atom. The molecule has 3 nitrogen and oxygen atoms in total. The molecule has 0 aromatic heterocycles. The van der Waals surface area contributed by atoms with Gasteiger partial charge in [0.15, 0.2) is 0 Å². The molecule has 114 valence electrons. The van der Waals surface area contributed by atoms with E-state index in [-0.39, 0.29) is 5.91 Å². The van der Waals surface area contributed by atoms with Crippen molar-refractivity contribution in [1.82, 2.24) is 9.80 Å². The van der Waals surface area contributed by atoms with E-state index < -0.39 is 0 Å². The third kappa shape index (κ3) is 3.67. The van der Waals surface area contributed by atoms with Crippen LogP contribution in [0.3, 0.4) is 0 Å². The molecule has 21 heavy (non-hydrogen) atoms. The van der Waals surface area contributed by atoms with Crippen LogP contribution in [0.1, 0.15) is 42.5 Å². The van der Waals surface area contributed by atoms with Crippen LogP contribution in [0.4, 0.5) is 0 Å². The highest BCUT2D eigenvalue weighted by Crippen LogP contribution is 2.22. The zero-order valence-corrected chi connectivity index (χ0v) is 14.0. The molecule has 1 aromatic carbocycles. The predicted octanol–water partition coefficient (Wildman–Crippen LogP) is 3.54. The van der Waals surface area contributed by atoms with Gasteiger partial charge in [-0.2, -0.15) is 0 Å². The molecule has 1 unspecified atom stereocenters. The van der Waals surface area contributed by atoms with Gasteiger partial charge in [-0.3, -0.25) is 9.69 Å². The molecule has 0 spiro atoms. The summed E-state index contributed by atoms with van der Waals surface area (Å²) in [6, 6.07) is 8.30. The van der Waals surface area contributed by atoms with E-state index in [0.29, 0.717) is 6.04 Å². The van der Waals surface area contributed by atoms with Crippen molar-refractivity contribution in [3.63, 3.8) is 0 Å². The Bertz CT molecular complexity index is 499. The molecular formula is C17H23BrN2O. The molecule has 4 heteroatoms.